The lowest BCUT2D eigenvalue weighted by molar-refractivity contribution is -0.160. The molecule has 19 heavy (non-hydrogen) atoms. The molecular weight excluding hydrogens is 242 g/mol. The number of carbonyl (C=O) groups excluding carboxylic acids is 1. The highest BCUT2D eigenvalue weighted by molar-refractivity contribution is 5.69. The van der Waals surface area contributed by atoms with E-state index in [1.165, 1.54) is 0 Å². The van der Waals surface area contributed by atoms with Gasteiger partial charge in [0.25, 0.3) is 0 Å². The van der Waals surface area contributed by atoms with Gasteiger partial charge >= 0.3 is 5.97 Å². The smallest absolute Gasteiger partial charge is 0.306 e. The van der Waals surface area contributed by atoms with Crippen LogP contribution >= 0.6 is 0 Å². The van der Waals surface area contributed by atoms with Gasteiger partial charge in [-0.05, 0) is 38.6 Å². The quantitative estimate of drug-likeness (QED) is 0.754. The summed E-state index contributed by atoms with van der Waals surface area (Å²) in [5.74, 6) is 0.689. The van der Waals surface area contributed by atoms with Crippen LogP contribution in [0.2, 0.25) is 0 Å². The van der Waals surface area contributed by atoms with E-state index in [9.17, 15) is 4.79 Å². The molecule has 0 amide bonds. The van der Waals surface area contributed by atoms with Crippen LogP contribution in [0.5, 0.6) is 0 Å². The van der Waals surface area contributed by atoms with E-state index in [0.29, 0.717) is 18.9 Å². The van der Waals surface area contributed by atoms with Gasteiger partial charge in [-0.2, -0.15) is 0 Å². The molecule has 1 heterocycles. The third-order valence-electron chi connectivity index (χ3n) is 3.55. The van der Waals surface area contributed by atoms with Crippen LogP contribution in [0.15, 0.2) is 0 Å². The second-order valence-corrected chi connectivity index (χ2v) is 6.28. The topological polar surface area (TPSA) is 61.6 Å². The third-order valence-corrected chi connectivity index (χ3v) is 3.55. The van der Waals surface area contributed by atoms with Crippen molar-refractivity contribution in [1.82, 2.24) is 0 Å². The highest BCUT2D eigenvalue weighted by Crippen LogP contribution is 2.23. The fourth-order valence-corrected chi connectivity index (χ4v) is 2.84. The van der Waals surface area contributed by atoms with Crippen molar-refractivity contribution in [3.63, 3.8) is 0 Å². The lowest BCUT2D eigenvalue weighted by Crippen LogP contribution is -2.35. The van der Waals surface area contributed by atoms with Crippen molar-refractivity contribution >= 4 is 5.97 Å². The summed E-state index contributed by atoms with van der Waals surface area (Å²) in [6.45, 7) is 8.90. The predicted molar refractivity (Wildman–Crippen MR) is 75.7 cm³/mol. The first-order chi connectivity index (χ1) is 8.90. The maximum Gasteiger partial charge on any atom is 0.306 e. The van der Waals surface area contributed by atoms with Crippen molar-refractivity contribution in [2.45, 2.75) is 71.7 Å². The summed E-state index contributed by atoms with van der Waals surface area (Å²) in [7, 11) is 0. The molecule has 0 saturated carbocycles. The molecule has 112 valence electrons. The minimum Gasteiger partial charge on any atom is -0.462 e. The Kier molecular flexibility index (Phi) is 6.80. The summed E-state index contributed by atoms with van der Waals surface area (Å²) in [4.78, 5) is 12.0. The number of hydrogen-bond donors (Lipinski definition) is 1. The number of ether oxygens (including phenoxy) is 2. The first-order valence-corrected chi connectivity index (χ1v) is 7.45. The largest absolute Gasteiger partial charge is 0.462 e. The van der Waals surface area contributed by atoms with Gasteiger partial charge in [0.05, 0.1) is 12.2 Å². The number of nitrogens with two attached hydrogens (primary N) is 1. The van der Waals surface area contributed by atoms with Crippen LogP contribution in [0.3, 0.4) is 0 Å². The molecule has 2 unspecified atom stereocenters. The first kappa shape index (κ1) is 16.4. The SMILES string of the molecule is CC(C)C[C@H](CN)CC(=O)OC1CC(C)OC(C)C1. The van der Waals surface area contributed by atoms with Crippen LogP contribution in [0.4, 0.5) is 0 Å². The van der Waals surface area contributed by atoms with E-state index in [-0.39, 0.29) is 30.2 Å². The van der Waals surface area contributed by atoms with Crippen molar-refractivity contribution in [3.8, 4) is 0 Å². The molecule has 0 bridgehead atoms. The van der Waals surface area contributed by atoms with Crippen molar-refractivity contribution in [1.29, 1.82) is 0 Å². The molecule has 1 aliphatic heterocycles. The Hall–Kier alpha value is -0.610. The van der Waals surface area contributed by atoms with Crippen LogP contribution in [0.25, 0.3) is 0 Å². The highest BCUT2D eigenvalue weighted by atomic mass is 16.6. The molecule has 0 aromatic carbocycles. The fourth-order valence-electron chi connectivity index (χ4n) is 2.84. The monoisotopic (exact) mass is 271 g/mol. The Morgan fingerprint density at radius 3 is 2.37 bits per heavy atom. The van der Waals surface area contributed by atoms with Gasteiger partial charge in [0.1, 0.15) is 6.10 Å². The summed E-state index contributed by atoms with van der Waals surface area (Å²) < 4.78 is 11.2. The molecule has 0 aromatic rings. The zero-order chi connectivity index (χ0) is 14.4. The number of esters is 1. The molecule has 1 aliphatic rings. The van der Waals surface area contributed by atoms with E-state index >= 15 is 0 Å². The number of hydrogen-bond acceptors (Lipinski definition) is 4. The molecule has 0 radical (unpaired) electrons. The van der Waals surface area contributed by atoms with Crippen molar-refractivity contribution in [2.75, 3.05) is 6.54 Å². The highest BCUT2D eigenvalue weighted by Gasteiger charge is 2.27. The standard InChI is InChI=1S/C15H29NO3/c1-10(2)5-13(9-16)8-15(17)19-14-6-11(3)18-12(4)7-14/h10-14H,5-9,16H2,1-4H3/t11?,12?,13-,14?/m0/s1. The molecular formula is C15H29NO3. The molecule has 1 rings (SSSR count). The summed E-state index contributed by atoms with van der Waals surface area (Å²) >= 11 is 0. The van der Waals surface area contributed by atoms with E-state index in [1.54, 1.807) is 0 Å². The maximum absolute atomic E-state index is 12.0. The van der Waals surface area contributed by atoms with Gasteiger partial charge in [-0.25, -0.2) is 0 Å². The van der Waals surface area contributed by atoms with Crippen LogP contribution in [0, 0.1) is 11.8 Å². The molecule has 4 nitrogen and oxygen atoms in total. The van der Waals surface area contributed by atoms with E-state index in [4.69, 9.17) is 15.2 Å². The summed E-state index contributed by atoms with van der Waals surface area (Å²) in [5.41, 5.74) is 5.72. The molecule has 2 N–H and O–H groups in total. The zero-order valence-corrected chi connectivity index (χ0v) is 12.7. The Labute approximate surface area is 117 Å². The van der Waals surface area contributed by atoms with Crippen LogP contribution in [-0.2, 0) is 14.3 Å². The second-order valence-electron chi connectivity index (χ2n) is 6.28. The minimum absolute atomic E-state index is 0.00345. The van der Waals surface area contributed by atoms with Gasteiger partial charge in [-0.3, -0.25) is 4.79 Å². The fraction of sp³-hybridized carbons (Fsp3) is 0.933. The van der Waals surface area contributed by atoms with E-state index < -0.39 is 0 Å². The van der Waals surface area contributed by atoms with Gasteiger partial charge in [-0.1, -0.05) is 13.8 Å². The Balaban J connectivity index is 2.37. The molecule has 3 atom stereocenters. The normalized spacial score (nSPS) is 29.3. The van der Waals surface area contributed by atoms with Gasteiger partial charge in [0.15, 0.2) is 0 Å². The summed E-state index contributed by atoms with van der Waals surface area (Å²) in [6.07, 6.45) is 3.36. The Bertz CT molecular complexity index is 271. The van der Waals surface area contributed by atoms with E-state index in [2.05, 4.69) is 13.8 Å². The molecule has 0 spiro atoms. The average Bonchev–Trinajstić information content (AvgIpc) is 2.25. The predicted octanol–water partition coefficient (Wildman–Crippen LogP) is 2.50. The second kappa shape index (κ2) is 7.85. The van der Waals surface area contributed by atoms with Gasteiger partial charge in [-0.15, -0.1) is 0 Å². The van der Waals surface area contributed by atoms with Gasteiger partial charge < -0.3 is 15.2 Å². The van der Waals surface area contributed by atoms with Crippen molar-refractivity contribution < 1.29 is 14.3 Å². The molecule has 1 saturated heterocycles. The summed E-state index contributed by atoms with van der Waals surface area (Å²) in [6, 6.07) is 0. The van der Waals surface area contributed by atoms with E-state index in [1.807, 2.05) is 13.8 Å². The van der Waals surface area contributed by atoms with Crippen LogP contribution in [-0.4, -0.2) is 30.8 Å². The van der Waals surface area contributed by atoms with E-state index in [0.717, 1.165) is 19.3 Å². The lowest BCUT2D eigenvalue weighted by atomic mass is 9.94. The Morgan fingerprint density at radius 1 is 1.32 bits per heavy atom. The van der Waals surface area contributed by atoms with Crippen LogP contribution < -0.4 is 5.73 Å². The Morgan fingerprint density at radius 2 is 1.89 bits per heavy atom. The average molecular weight is 271 g/mol. The first-order valence-electron chi connectivity index (χ1n) is 7.45. The summed E-state index contributed by atoms with van der Waals surface area (Å²) in [5, 5.41) is 0. The minimum atomic E-state index is -0.109. The van der Waals surface area contributed by atoms with Crippen molar-refractivity contribution in [3.05, 3.63) is 0 Å². The zero-order valence-electron chi connectivity index (χ0n) is 12.7. The van der Waals surface area contributed by atoms with Crippen molar-refractivity contribution in [2.24, 2.45) is 17.6 Å². The van der Waals surface area contributed by atoms with Gasteiger partial charge in [0, 0.05) is 19.3 Å². The third kappa shape index (κ3) is 6.39. The van der Waals surface area contributed by atoms with Crippen LogP contribution in [0.1, 0.15) is 53.4 Å². The molecule has 4 heteroatoms. The molecule has 0 aliphatic carbocycles. The van der Waals surface area contributed by atoms with Gasteiger partial charge in [0.2, 0.25) is 0 Å². The lowest BCUT2D eigenvalue weighted by Gasteiger charge is -2.32. The number of rotatable bonds is 6. The number of carbonyl (C=O) groups is 1. The molecule has 0 aromatic heterocycles. The maximum atomic E-state index is 12.0. The molecule has 1 fully saturated rings.